The van der Waals surface area contributed by atoms with Crippen molar-refractivity contribution >= 4 is 23.2 Å². The number of ketones is 1. The summed E-state index contributed by atoms with van der Waals surface area (Å²) < 4.78 is 135. The van der Waals surface area contributed by atoms with Crippen LogP contribution in [0.2, 0.25) is 0 Å². The number of hydrogen-bond acceptors (Lipinski definition) is 4. The van der Waals surface area contributed by atoms with Gasteiger partial charge in [0.05, 0.1) is 12.1 Å². The molecule has 0 fully saturated rings. The first kappa shape index (κ1) is 30.1. The molecule has 0 heterocycles. The Hall–Kier alpha value is -3.42. The van der Waals surface area contributed by atoms with Crippen LogP contribution in [0.5, 0.6) is 5.75 Å². The van der Waals surface area contributed by atoms with Crippen LogP contribution in [0.3, 0.4) is 0 Å². The molecule has 0 aliphatic carbocycles. The highest BCUT2D eigenvalue weighted by Gasteiger charge is 2.39. The lowest BCUT2D eigenvalue weighted by Crippen LogP contribution is -2.37. The summed E-state index contributed by atoms with van der Waals surface area (Å²) in [6.45, 7) is -2.18. The predicted octanol–water partition coefficient (Wildman–Crippen LogP) is 8.17. The molecule has 39 heavy (non-hydrogen) atoms. The highest BCUT2D eigenvalue weighted by Crippen LogP contribution is 2.37. The Kier molecular flexibility index (Phi) is 9.08. The molecule has 0 saturated heterocycles. The number of benzene rings is 3. The molecule has 0 spiro atoms. The Bertz CT molecular complexity index is 1300. The van der Waals surface area contributed by atoms with Crippen LogP contribution in [0.25, 0.3) is 0 Å². The predicted molar refractivity (Wildman–Crippen MR) is 123 cm³/mol. The Morgan fingerprint density at radius 2 is 1.54 bits per heavy atom. The normalized spacial score (nSPS) is 12.4. The third kappa shape index (κ3) is 9.08. The zero-order valence-corrected chi connectivity index (χ0v) is 20.2. The fourth-order valence-corrected chi connectivity index (χ4v) is 3.95. The lowest BCUT2D eigenvalue weighted by atomic mass is 10.1. The van der Waals surface area contributed by atoms with Gasteiger partial charge < -0.3 is 9.64 Å². The summed E-state index contributed by atoms with van der Waals surface area (Å²) >= 11 is -0.324. The van der Waals surface area contributed by atoms with Crippen LogP contribution in [-0.2, 0) is 24.1 Å². The average Bonchev–Trinajstić information content (AvgIpc) is 2.81. The lowest BCUT2D eigenvalue weighted by molar-refractivity contribution is -0.169. The van der Waals surface area contributed by atoms with Crippen LogP contribution in [0, 0.1) is 5.82 Å². The fraction of sp³-hybridized carbons (Fsp3) is 0.240. The average molecular weight is 585 g/mol. The Morgan fingerprint density at radius 3 is 2.15 bits per heavy atom. The van der Waals surface area contributed by atoms with E-state index in [0.717, 1.165) is 11.0 Å². The molecule has 0 unspecified atom stereocenters. The van der Waals surface area contributed by atoms with Crippen LogP contribution in [0.15, 0.2) is 71.6 Å². The van der Waals surface area contributed by atoms with Crippen LogP contribution in [0.1, 0.15) is 16.7 Å². The van der Waals surface area contributed by atoms with E-state index < -0.39 is 53.7 Å². The third-order valence-corrected chi connectivity index (χ3v) is 5.83. The van der Waals surface area contributed by atoms with Gasteiger partial charge in [-0.25, -0.2) is 4.39 Å². The number of anilines is 1. The molecule has 3 nitrogen and oxygen atoms in total. The van der Waals surface area contributed by atoms with Gasteiger partial charge in [-0.2, -0.15) is 39.5 Å². The second-order valence-corrected chi connectivity index (χ2v) is 9.20. The maximum atomic E-state index is 14.4. The number of halogens is 10. The molecule has 0 bridgehead atoms. The lowest BCUT2D eigenvalue weighted by Gasteiger charge is -2.25. The number of thioether (sulfide) groups is 1. The first-order valence-corrected chi connectivity index (χ1v) is 11.6. The van der Waals surface area contributed by atoms with Gasteiger partial charge in [-0.15, -0.1) is 0 Å². The van der Waals surface area contributed by atoms with Gasteiger partial charge in [-0.1, -0.05) is 24.3 Å². The number of rotatable bonds is 9. The quantitative estimate of drug-likeness (QED) is 0.187. The molecular weight excluding hydrogens is 568 g/mol. The standard InChI is InChI=1S/C25H17F10NO2S/c26-21-10-17(23(27,28)29)8-7-16(21)12-36(13-22(37)24(30,31)32)18-4-2-5-19(11-18)38-14-15-3-1-6-20(9-15)39-25(33,34)35/h1-11H,12-14H2. The molecule has 0 amide bonds. The van der Waals surface area contributed by atoms with Crippen molar-refractivity contribution in [2.45, 2.75) is 35.9 Å². The number of nitrogens with zero attached hydrogens (tertiary/aromatic N) is 1. The fourth-order valence-electron chi connectivity index (χ4n) is 3.33. The number of ether oxygens (including phenoxy) is 1. The summed E-state index contributed by atoms with van der Waals surface area (Å²) in [7, 11) is 0. The molecular formula is C25H17F10NO2S. The van der Waals surface area contributed by atoms with E-state index in [1.54, 1.807) is 0 Å². The summed E-state index contributed by atoms with van der Waals surface area (Å²) in [5, 5.41) is 0. The Balaban J connectivity index is 1.84. The summed E-state index contributed by atoms with van der Waals surface area (Å²) in [5.41, 5.74) is -5.90. The van der Waals surface area contributed by atoms with E-state index in [1.165, 1.54) is 48.5 Å². The topological polar surface area (TPSA) is 29.5 Å². The molecule has 0 aliphatic heterocycles. The molecule has 3 aromatic rings. The van der Waals surface area contributed by atoms with Crippen LogP contribution < -0.4 is 9.64 Å². The van der Waals surface area contributed by atoms with Crippen molar-refractivity contribution in [1.82, 2.24) is 0 Å². The zero-order chi connectivity index (χ0) is 29.0. The number of carbonyl (C=O) groups excluding carboxylic acids is 1. The van der Waals surface area contributed by atoms with Crippen LogP contribution in [-0.4, -0.2) is 24.0 Å². The van der Waals surface area contributed by atoms with Crippen molar-refractivity contribution in [2.24, 2.45) is 0 Å². The molecule has 14 heteroatoms. The summed E-state index contributed by atoms with van der Waals surface area (Å²) in [5.74, 6) is -3.46. The third-order valence-electron chi connectivity index (χ3n) is 5.11. The second kappa shape index (κ2) is 11.8. The molecule has 3 rings (SSSR count). The van der Waals surface area contributed by atoms with E-state index in [0.29, 0.717) is 11.6 Å². The van der Waals surface area contributed by atoms with Crippen molar-refractivity contribution in [2.75, 3.05) is 11.4 Å². The van der Waals surface area contributed by atoms with Gasteiger partial charge in [0, 0.05) is 28.8 Å². The Labute approximate surface area is 219 Å². The molecule has 0 aromatic heterocycles. The van der Waals surface area contributed by atoms with Gasteiger partial charge in [0.1, 0.15) is 18.2 Å². The first-order valence-electron chi connectivity index (χ1n) is 10.8. The highest BCUT2D eigenvalue weighted by molar-refractivity contribution is 8.00. The van der Waals surface area contributed by atoms with Crippen molar-refractivity contribution in [1.29, 1.82) is 0 Å². The number of hydrogen-bond donors (Lipinski definition) is 0. The molecule has 0 atom stereocenters. The molecule has 0 N–H and O–H groups in total. The molecule has 0 aliphatic rings. The van der Waals surface area contributed by atoms with Crippen molar-refractivity contribution in [3.63, 3.8) is 0 Å². The summed E-state index contributed by atoms with van der Waals surface area (Å²) in [6.07, 6.45) is -10.1. The van der Waals surface area contributed by atoms with Crippen molar-refractivity contribution in [3.8, 4) is 5.75 Å². The number of alkyl halides is 9. The summed E-state index contributed by atoms with van der Waals surface area (Å²) in [6, 6.07) is 12.1. The smallest absolute Gasteiger partial charge is 0.451 e. The van der Waals surface area contributed by atoms with Gasteiger partial charge in [0.15, 0.2) is 0 Å². The number of carbonyl (C=O) groups is 1. The molecule has 210 valence electrons. The van der Waals surface area contributed by atoms with Gasteiger partial charge in [-0.3, -0.25) is 4.79 Å². The van der Waals surface area contributed by atoms with Gasteiger partial charge in [0.2, 0.25) is 0 Å². The molecule has 3 aromatic carbocycles. The second-order valence-electron chi connectivity index (χ2n) is 8.06. The van der Waals surface area contributed by atoms with E-state index in [2.05, 4.69) is 0 Å². The van der Waals surface area contributed by atoms with Gasteiger partial charge in [-0.05, 0) is 53.7 Å². The largest absolute Gasteiger partial charge is 0.489 e. The van der Waals surface area contributed by atoms with Gasteiger partial charge >= 0.3 is 17.9 Å². The van der Waals surface area contributed by atoms with E-state index in [1.807, 2.05) is 0 Å². The Morgan fingerprint density at radius 1 is 0.846 bits per heavy atom. The monoisotopic (exact) mass is 585 g/mol. The minimum atomic E-state index is -5.23. The maximum Gasteiger partial charge on any atom is 0.451 e. The minimum Gasteiger partial charge on any atom is -0.489 e. The van der Waals surface area contributed by atoms with Crippen LogP contribution >= 0.6 is 11.8 Å². The van der Waals surface area contributed by atoms with E-state index in [9.17, 15) is 48.7 Å². The maximum absolute atomic E-state index is 14.4. The van der Waals surface area contributed by atoms with E-state index in [-0.39, 0.29) is 40.8 Å². The molecule has 0 saturated carbocycles. The number of Topliss-reactive ketones (excluding diaryl/α,β-unsaturated/α-hetero) is 1. The van der Waals surface area contributed by atoms with E-state index >= 15 is 0 Å². The van der Waals surface area contributed by atoms with Crippen molar-refractivity contribution in [3.05, 3.63) is 89.2 Å². The van der Waals surface area contributed by atoms with Crippen LogP contribution in [0.4, 0.5) is 49.6 Å². The molecule has 0 radical (unpaired) electrons. The highest BCUT2D eigenvalue weighted by atomic mass is 32.2. The summed E-state index contributed by atoms with van der Waals surface area (Å²) in [4.78, 5) is 12.4. The first-order chi connectivity index (χ1) is 18.0. The minimum absolute atomic E-state index is 0.0502. The van der Waals surface area contributed by atoms with E-state index in [4.69, 9.17) is 4.74 Å². The SMILES string of the molecule is O=C(CN(Cc1ccc(C(F)(F)F)cc1F)c1cccc(OCc2cccc(SC(F)(F)F)c2)c1)C(F)(F)F. The van der Waals surface area contributed by atoms with Crippen molar-refractivity contribution < 1.29 is 53.4 Å². The zero-order valence-electron chi connectivity index (χ0n) is 19.4. The van der Waals surface area contributed by atoms with Gasteiger partial charge in [0.25, 0.3) is 5.78 Å².